The Bertz CT molecular complexity index is 873. The zero-order valence-corrected chi connectivity index (χ0v) is 13.4. The van der Waals surface area contributed by atoms with E-state index in [1.165, 1.54) is 10.5 Å². The van der Waals surface area contributed by atoms with Gasteiger partial charge < -0.3 is 5.32 Å². The molecule has 4 nitrogen and oxygen atoms in total. The van der Waals surface area contributed by atoms with Crippen LogP contribution in [-0.4, -0.2) is 15.3 Å². The minimum atomic E-state index is -0.458. The van der Waals surface area contributed by atoms with Gasteiger partial charge >= 0.3 is 0 Å². The summed E-state index contributed by atoms with van der Waals surface area (Å²) in [5.74, 6) is -0.761. The van der Waals surface area contributed by atoms with Crippen LogP contribution in [0, 0.1) is 12.7 Å². The average Bonchev–Trinajstić information content (AvgIpc) is 2.85. The third-order valence-electron chi connectivity index (χ3n) is 3.71. The van der Waals surface area contributed by atoms with Crippen LogP contribution in [-0.2, 0) is 0 Å². The van der Waals surface area contributed by atoms with Gasteiger partial charge in [-0.15, -0.1) is 0 Å². The molecule has 0 radical (unpaired) electrons. The number of fused-ring (bicyclic) bond motifs is 1. The maximum absolute atomic E-state index is 13.8. The van der Waals surface area contributed by atoms with Gasteiger partial charge in [-0.2, -0.15) is 0 Å². The molecule has 3 aromatic rings. The molecule has 0 saturated heterocycles. The van der Waals surface area contributed by atoms with Gasteiger partial charge in [0.15, 0.2) is 11.5 Å². The monoisotopic (exact) mass is 331 g/mol. The van der Waals surface area contributed by atoms with Gasteiger partial charge in [0, 0.05) is 11.2 Å². The van der Waals surface area contributed by atoms with Crippen LogP contribution in [0.3, 0.4) is 0 Å². The van der Waals surface area contributed by atoms with E-state index in [4.69, 9.17) is 11.6 Å². The molecule has 2 heterocycles. The zero-order chi connectivity index (χ0) is 16.6. The molecular weight excluding hydrogens is 317 g/mol. The van der Waals surface area contributed by atoms with Crippen LogP contribution in [0.5, 0.6) is 0 Å². The maximum atomic E-state index is 13.8. The van der Waals surface area contributed by atoms with Crippen molar-refractivity contribution in [3.63, 3.8) is 0 Å². The molecule has 0 fully saturated rings. The lowest BCUT2D eigenvalue weighted by Gasteiger charge is -2.14. The Morgan fingerprint density at radius 1 is 1.30 bits per heavy atom. The summed E-state index contributed by atoms with van der Waals surface area (Å²) in [7, 11) is 0. The van der Waals surface area contributed by atoms with Crippen molar-refractivity contribution in [3.8, 4) is 0 Å². The zero-order valence-electron chi connectivity index (χ0n) is 12.7. The number of nitrogens with one attached hydrogen (secondary N) is 1. The fourth-order valence-corrected chi connectivity index (χ4v) is 2.65. The van der Waals surface area contributed by atoms with E-state index in [-0.39, 0.29) is 17.6 Å². The molecule has 1 unspecified atom stereocenters. The highest BCUT2D eigenvalue weighted by molar-refractivity contribution is 6.30. The number of carbonyl (C=O) groups excluding carboxylic acids is 1. The Labute approximate surface area is 137 Å². The molecule has 2 aromatic heterocycles. The smallest absolute Gasteiger partial charge is 0.270 e. The van der Waals surface area contributed by atoms with Crippen molar-refractivity contribution in [2.24, 2.45) is 0 Å². The fourth-order valence-electron chi connectivity index (χ4n) is 2.52. The first-order valence-corrected chi connectivity index (χ1v) is 7.54. The molecule has 23 heavy (non-hydrogen) atoms. The molecule has 0 saturated carbocycles. The highest BCUT2D eigenvalue weighted by Gasteiger charge is 2.20. The van der Waals surface area contributed by atoms with E-state index >= 15 is 0 Å². The first-order valence-electron chi connectivity index (χ1n) is 7.17. The summed E-state index contributed by atoms with van der Waals surface area (Å²) < 4.78 is 15.2. The third-order valence-corrected chi connectivity index (χ3v) is 3.96. The second-order valence-electron chi connectivity index (χ2n) is 5.34. The summed E-state index contributed by atoms with van der Waals surface area (Å²) >= 11 is 5.87. The van der Waals surface area contributed by atoms with E-state index in [9.17, 15) is 9.18 Å². The Balaban J connectivity index is 1.90. The van der Waals surface area contributed by atoms with E-state index in [1.54, 1.807) is 31.3 Å². The van der Waals surface area contributed by atoms with Gasteiger partial charge in [0.1, 0.15) is 5.69 Å². The van der Waals surface area contributed by atoms with E-state index in [2.05, 4.69) is 10.3 Å². The molecule has 1 amide bonds. The number of benzene rings is 1. The number of pyridine rings is 1. The quantitative estimate of drug-likeness (QED) is 0.790. The number of aromatic nitrogens is 2. The van der Waals surface area contributed by atoms with Crippen molar-refractivity contribution < 1.29 is 9.18 Å². The van der Waals surface area contributed by atoms with E-state index in [0.717, 1.165) is 5.56 Å². The van der Waals surface area contributed by atoms with Crippen molar-refractivity contribution in [1.29, 1.82) is 0 Å². The number of imidazole rings is 1. The lowest BCUT2D eigenvalue weighted by atomic mass is 10.1. The fraction of sp³-hybridized carbons (Fsp3) is 0.176. The first-order chi connectivity index (χ1) is 11.0. The third kappa shape index (κ3) is 2.92. The molecule has 6 heteroatoms. The maximum Gasteiger partial charge on any atom is 0.270 e. The topological polar surface area (TPSA) is 46.4 Å². The Kier molecular flexibility index (Phi) is 4.05. The number of hydrogen-bond acceptors (Lipinski definition) is 2. The molecule has 1 atom stereocenters. The van der Waals surface area contributed by atoms with Crippen molar-refractivity contribution in [2.75, 3.05) is 0 Å². The average molecular weight is 332 g/mol. The van der Waals surface area contributed by atoms with Gasteiger partial charge in [-0.3, -0.25) is 9.20 Å². The van der Waals surface area contributed by atoms with E-state index in [1.807, 2.05) is 19.1 Å². The number of halogens is 2. The lowest BCUT2D eigenvalue weighted by Crippen LogP contribution is -2.28. The SMILES string of the molecule is Cc1nc2c(F)cccn2c1C(=O)NC(C)c1ccc(Cl)cc1. The van der Waals surface area contributed by atoms with Crippen LogP contribution >= 0.6 is 11.6 Å². The normalized spacial score (nSPS) is 12.3. The van der Waals surface area contributed by atoms with E-state index in [0.29, 0.717) is 16.4 Å². The Hall–Kier alpha value is -2.40. The van der Waals surface area contributed by atoms with Gasteiger partial charge in [-0.1, -0.05) is 23.7 Å². The number of carbonyl (C=O) groups is 1. The van der Waals surface area contributed by atoms with Crippen molar-refractivity contribution >= 4 is 23.2 Å². The second-order valence-corrected chi connectivity index (χ2v) is 5.78. The predicted molar refractivity (Wildman–Crippen MR) is 87.2 cm³/mol. The summed E-state index contributed by atoms with van der Waals surface area (Å²) in [6.07, 6.45) is 1.63. The molecule has 3 rings (SSSR count). The van der Waals surface area contributed by atoms with Gasteiger partial charge in [0.25, 0.3) is 5.91 Å². The van der Waals surface area contributed by atoms with Gasteiger partial charge in [0.05, 0.1) is 11.7 Å². The van der Waals surface area contributed by atoms with Crippen molar-refractivity contribution in [3.05, 3.63) is 70.4 Å². The van der Waals surface area contributed by atoms with Crippen LogP contribution in [0.4, 0.5) is 4.39 Å². The summed E-state index contributed by atoms with van der Waals surface area (Å²) in [6, 6.07) is 9.91. The van der Waals surface area contributed by atoms with Crippen LogP contribution in [0.2, 0.25) is 5.02 Å². The molecule has 1 aromatic carbocycles. The largest absolute Gasteiger partial charge is 0.344 e. The highest BCUT2D eigenvalue weighted by Crippen LogP contribution is 2.19. The minimum absolute atomic E-state index is 0.147. The van der Waals surface area contributed by atoms with Crippen molar-refractivity contribution in [1.82, 2.24) is 14.7 Å². The van der Waals surface area contributed by atoms with Crippen LogP contribution in [0.1, 0.15) is 34.7 Å². The number of rotatable bonds is 3. The molecule has 0 aliphatic rings. The Morgan fingerprint density at radius 2 is 2.00 bits per heavy atom. The molecule has 0 aliphatic carbocycles. The van der Waals surface area contributed by atoms with Gasteiger partial charge in [-0.05, 0) is 43.7 Å². The molecule has 1 N–H and O–H groups in total. The molecule has 0 bridgehead atoms. The standard InChI is InChI=1S/C17H15ClFN3O/c1-10(12-5-7-13(18)8-6-12)21-17(23)15-11(2)20-16-14(19)4-3-9-22(15)16/h3-10H,1-2H3,(H,21,23). The van der Waals surface area contributed by atoms with E-state index < -0.39 is 5.82 Å². The first kappa shape index (κ1) is 15.5. The van der Waals surface area contributed by atoms with Crippen molar-refractivity contribution in [2.45, 2.75) is 19.9 Å². The summed E-state index contributed by atoms with van der Waals surface area (Å²) in [5, 5.41) is 3.54. The molecule has 0 spiro atoms. The van der Waals surface area contributed by atoms with Crippen LogP contribution < -0.4 is 5.32 Å². The second kappa shape index (κ2) is 6.01. The molecule has 118 valence electrons. The lowest BCUT2D eigenvalue weighted by molar-refractivity contribution is 0.0933. The van der Waals surface area contributed by atoms with Gasteiger partial charge in [0.2, 0.25) is 0 Å². The minimum Gasteiger partial charge on any atom is -0.344 e. The summed E-state index contributed by atoms with van der Waals surface area (Å²) in [4.78, 5) is 16.7. The number of nitrogens with zero attached hydrogens (tertiary/aromatic N) is 2. The highest BCUT2D eigenvalue weighted by atomic mass is 35.5. The predicted octanol–water partition coefficient (Wildman–Crippen LogP) is 3.93. The Morgan fingerprint density at radius 3 is 2.70 bits per heavy atom. The summed E-state index contributed by atoms with van der Waals surface area (Å²) in [6.45, 7) is 3.56. The van der Waals surface area contributed by atoms with Crippen LogP contribution in [0.25, 0.3) is 5.65 Å². The van der Waals surface area contributed by atoms with Crippen LogP contribution in [0.15, 0.2) is 42.6 Å². The molecular formula is C17H15ClFN3O. The number of amides is 1. The number of hydrogen-bond donors (Lipinski definition) is 1. The summed E-state index contributed by atoms with van der Waals surface area (Å²) in [5.41, 5.74) is 1.89. The number of aryl methyl sites for hydroxylation is 1. The van der Waals surface area contributed by atoms with Gasteiger partial charge in [-0.25, -0.2) is 9.37 Å². The molecule has 0 aliphatic heterocycles.